The van der Waals surface area contributed by atoms with Gasteiger partial charge in [-0.1, -0.05) is 18.2 Å². The van der Waals surface area contributed by atoms with Gasteiger partial charge in [0.1, 0.15) is 5.82 Å². The molecule has 1 aromatic heterocycles. The van der Waals surface area contributed by atoms with Crippen molar-refractivity contribution in [2.75, 3.05) is 6.54 Å². The fraction of sp³-hybridized carbons (Fsp3) is 0.571. The lowest BCUT2D eigenvalue weighted by molar-refractivity contribution is 0.00578. The van der Waals surface area contributed by atoms with Crippen molar-refractivity contribution >= 4 is 12.6 Å². The maximum atomic E-state index is 6.23. The highest BCUT2D eigenvalue weighted by Gasteiger charge is 2.51. The van der Waals surface area contributed by atoms with E-state index in [1.807, 2.05) is 0 Å². The highest BCUT2D eigenvalue weighted by atomic mass is 16.7. The van der Waals surface area contributed by atoms with Crippen molar-refractivity contribution in [1.29, 1.82) is 0 Å². The van der Waals surface area contributed by atoms with Gasteiger partial charge in [0.25, 0.3) is 0 Å². The number of hydrogen-bond acceptors (Lipinski definition) is 4. The average Bonchev–Trinajstić information content (AvgIpc) is 3.32. The Morgan fingerprint density at radius 2 is 1.89 bits per heavy atom. The van der Waals surface area contributed by atoms with Crippen LogP contribution in [0.25, 0.3) is 11.3 Å². The summed E-state index contributed by atoms with van der Waals surface area (Å²) in [5.41, 5.74) is 5.46. The smallest absolute Gasteiger partial charge is 0.399 e. The van der Waals surface area contributed by atoms with Gasteiger partial charge in [0, 0.05) is 11.3 Å². The Bertz CT molecular complexity index is 868. The zero-order valence-corrected chi connectivity index (χ0v) is 16.7. The molecule has 5 nitrogen and oxygen atoms in total. The Labute approximate surface area is 161 Å². The van der Waals surface area contributed by atoms with Crippen LogP contribution in [0.3, 0.4) is 0 Å². The van der Waals surface area contributed by atoms with Crippen molar-refractivity contribution in [3.63, 3.8) is 0 Å². The molecular weight excluding hydrogens is 337 g/mol. The van der Waals surface area contributed by atoms with E-state index in [9.17, 15) is 0 Å². The zero-order valence-electron chi connectivity index (χ0n) is 16.7. The fourth-order valence-corrected chi connectivity index (χ4v) is 4.35. The monoisotopic (exact) mass is 365 g/mol. The summed E-state index contributed by atoms with van der Waals surface area (Å²) in [6.07, 6.45) is 4.43. The molecule has 2 fully saturated rings. The first kappa shape index (κ1) is 17.5. The molecule has 142 valence electrons. The number of nitrogens with one attached hydrogen (secondary N) is 2. The number of aryl methyl sites for hydroxylation is 2. The second-order valence-electron chi connectivity index (χ2n) is 9.10. The second kappa shape index (κ2) is 5.93. The lowest BCUT2D eigenvalue weighted by Crippen LogP contribution is -2.41. The van der Waals surface area contributed by atoms with Crippen LogP contribution in [0.2, 0.25) is 0 Å². The fourth-order valence-electron chi connectivity index (χ4n) is 4.35. The summed E-state index contributed by atoms with van der Waals surface area (Å²) >= 11 is 0. The van der Waals surface area contributed by atoms with Crippen LogP contribution in [0.4, 0.5) is 0 Å². The number of aromatic nitrogens is 2. The van der Waals surface area contributed by atoms with E-state index in [4.69, 9.17) is 14.3 Å². The summed E-state index contributed by atoms with van der Waals surface area (Å²) in [7, 11) is -0.306. The standard InChI is InChI=1S/C21H28BN3O2/c1-20(2)21(3,4)27-22(26-20)14-8-9-15-13(12-14)7-10-16-18(15)25-19(24-16)17-6-5-11-23-17/h8-9,12,17,23H,5-7,10-11H2,1-4H3,(H,24,25). The molecule has 3 aliphatic rings. The molecule has 2 saturated heterocycles. The van der Waals surface area contributed by atoms with Gasteiger partial charge in [-0.25, -0.2) is 4.98 Å². The van der Waals surface area contributed by atoms with Gasteiger partial charge < -0.3 is 19.6 Å². The first-order chi connectivity index (χ1) is 12.8. The lowest BCUT2D eigenvalue weighted by atomic mass is 9.76. The maximum Gasteiger partial charge on any atom is 0.494 e. The van der Waals surface area contributed by atoms with Gasteiger partial charge >= 0.3 is 7.12 Å². The molecule has 2 aromatic rings. The molecule has 0 radical (unpaired) electrons. The van der Waals surface area contributed by atoms with E-state index in [1.54, 1.807) is 0 Å². The second-order valence-corrected chi connectivity index (χ2v) is 9.10. The number of benzene rings is 1. The minimum atomic E-state index is -0.313. The van der Waals surface area contributed by atoms with Crippen LogP contribution in [0.1, 0.15) is 63.7 Å². The maximum absolute atomic E-state index is 6.23. The number of rotatable bonds is 2. The lowest BCUT2D eigenvalue weighted by Gasteiger charge is -2.32. The van der Waals surface area contributed by atoms with Crippen molar-refractivity contribution in [1.82, 2.24) is 15.3 Å². The Kier molecular flexibility index (Phi) is 3.84. The number of H-pyrrole nitrogens is 1. The van der Waals surface area contributed by atoms with Crippen LogP contribution in [-0.4, -0.2) is 34.8 Å². The number of fused-ring (bicyclic) bond motifs is 3. The molecule has 1 atom stereocenters. The van der Waals surface area contributed by atoms with Crippen LogP contribution in [-0.2, 0) is 22.2 Å². The Morgan fingerprint density at radius 1 is 1.11 bits per heavy atom. The van der Waals surface area contributed by atoms with Crippen LogP contribution in [0.15, 0.2) is 18.2 Å². The van der Waals surface area contributed by atoms with E-state index in [-0.39, 0.29) is 18.3 Å². The van der Waals surface area contributed by atoms with E-state index < -0.39 is 0 Å². The number of hydrogen-bond donors (Lipinski definition) is 2. The molecule has 1 aromatic carbocycles. The normalized spacial score (nSPS) is 25.5. The summed E-state index contributed by atoms with van der Waals surface area (Å²) in [4.78, 5) is 8.55. The number of nitrogens with zero attached hydrogens (tertiary/aromatic N) is 1. The summed E-state index contributed by atoms with van der Waals surface area (Å²) in [6, 6.07) is 6.96. The molecule has 1 aliphatic carbocycles. The molecule has 3 heterocycles. The van der Waals surface area contributed by atoms with Crippen molar-refractivity contribution < 1.29 is 9.31 Å². The summed E-state index contributed by atoms with van der Waals surface area (Å²) in [6.45, 7) is 9.48. The van der Waals surface area contributed by atoms with E-state index in [1.165, 1.54) is 29.7 Å². The molecule has 0 bridgehead atoms. The van der Waals surface area contributed by atoms with Crippen LogP contribution >= 0.6 is 0 Å². The first-order valence-corrected chi connectivity index (χ1v) is 10.1. The largest absolute Gasteiger partial charge is 0.494 e. The predicted molar refractivity (Wildman–Crippen MR) is 107 cm³/mol. The van der Waals surface area contributed by atoms with E-state index in [2.05, 4.69) is 56.2 Å². The molecule has 27 heavy (non-hydrogen) atoms. The molecule has 6 heteroatoms. The molecule has 0 saturated carbocycles. The van der Waals surface area contributed by atoms with Crippen molar-refractivity contribution in [2.45, 2.75) is 70.6 Å². The molecule has 2 N–H and O–H groups in total. The highest BCUT2D eigenvalue weighted by Crippen LogP contribution is 2.38. The van der Waals surface area contributed by atoms with E-state index >= 15 is 0 Å². The molecule has 0 spiro atoms. The third-order valence-electron chi connectivity index (χ3n) is 6.74. The molecule has 1 unspecified atom stereocenters. The summed E-state index contributed by atoms with van der Waals surface area (Å²) < 4.78 is 12.5. The van der Waals surface area contributed by atoms with Crippen LogP contribution < -0.4 is 10.8 Å². The van der Waals surface area contributed by atoms with Crippen LogP contribution in [0, 0.1) is 0 Å². The number of imidazole rings is 1. The van der Waals surface area contributed by atoms with Crippen molar-refractivity contribution in [2.24, 2.45) is 0 Å². The third-order valence-corrected chi connectivity index (χ3v) is 6.74. The van der Waals surface area contributed by atoms with Gasteiger partial charge in [0.05, 0.1) is 22.9 Å². The quantitative estimate of drug-likeness (QED) is 0.804. The molecular formula is C21H28BN3O2. The summed E-state index contributed by atoms with van der Waals surface area (Å²) in [5.74, 6) is 1.10. The topological polar surface area (TPSA) is 59.2 Å². The van der Waals surface area contributed by atoms with Crippen molar-refractivity contribution in [3.05, 3.63) is 35.3 Å². The van der Waals surface area contributed by atoms with Gasteiger partial charge in [-0.15, -0.1) is 0 Å². The van der Waals surface area contributed by atoms with E-state index in [0.717, 1.165) is 36.4 Å². The Hall–Kier alpha value is -1.63. The van der Waals surface area contributed by atoms with Gasteiger partial charge in [-0.2, -0.15) is 0 Å². The Morgan fingerprint density at radius 3 is 2.59 bits per heavy atom. The van der Waals surface area contributed by atoms with Gasteiger partial charge in [-0.05, 0) is 70.9 Å². The average molecular weight is 365 g/mol. The molecule has 5 rings (SSSR count). The molecule has 0 amide bonds. The molecule has 2 aliphatic heterocycles. The first-order valence-electron chi connectivity index (χ1n) is 10.1. The van der Waals surface area contributed by atoms with Crippen molar-refractivity contribution in [3.8, 4) is 11.3 Å². The van der Waals surface area contributed by atoms with Gasteiger partial charge in [-0.3, -0.25) is 0 Å². The zero-order chi connectivity index (χ0) is 18.8. The minimum Gasteiger partial charge on any atom is -0.399 e. The third kappa shape index (κ3) is 2.77. The number of aromatic amines is 1. The van der Waals surface area contributed by atoms with E-state index in [0.29, 0.717) is 6.04 Å². The predicted octanol–water partition coefficient (Wildman–Crippen LogP) is 2.90. The highest BCUT2D eigenvalue weighted by molar-refractivity contribution is 6.62. The van der Waals surface area contributed by atoms with Crippen LogP contribution in [0.5, 0.6) is 0 Å². The SMILES string of the molecule is CC1(C)OB(c2ccc3c(c2)CCc2[nH]c(C4CCCN4)nc2-3)OC1(C)C. The van der Waals surface area contributed by atoms with Gasteiger partial charge in [0.2, 0.25) is 0 Å². The Balaban J connectivity index is 1.46. The summed E-state index contributed by atoms with van der Waals surface area (Å²) in [5, 5.41) is 3.54. The minimum absolute atomic E-state index is 0.306. The van der Waals surface area contributed by atoms with Gasteiger partial charge in [0.15, 0.2) is 0 Å².